The van der Waals surface area contributed by atoms with Crippen LogP contribution in [0.15, 0.2) is 115 Å². The van der Waals surface area contributed by atoms with Crippen molar-refractivity contribution in [1.29, 1.82) is 0 Å². The quantitative estimate of drug-likeness (QED) is 0.331. The minimum absolute atomic E-state index is 0.144. The summed E-state index contributed by atoms with van der Waals surface area (Å²) in [6, 6.07) is 33.8. The number of hydrogen-bond donors (Lipinski definition) is 3. The number of rotatable bonds is 7. The molecule has 0 aliphatic carbocycles. The summed E-state index contributed by atoms with van der Waals surface area (Å²) in [4.78, 5) is 17.8. The first-order chi connectivity index (χ1) is 18.5. The van der Waals surface area contributed by atoms with E-state index in [1.54, 1.807) is 34.1 Å². The molecule has 4 aromatic carbocycles. The molecule has 6 heteroatoms. The highest BCUT2D eigenvalue weighted by molar-refractivity contribution is 5.76. The summed E-state index contributed by atoms with van der Waals surface area (Å²) in [6.45, 7) is 0.555. The van der Waals surface area contributed by atoms with Crippen LogP contribution in [0.3, 0.4) is 0 Å². The Kier molecular flexibility index (Phi) is 7.73. The van der Waals surface area contributed by atoms with Gasteiger partial charge >= 0.3 is 6.03 Å². The maximum atomic E-state index is 14.5. The van der Waals surface area contributed by atoms with Crippen molar-refractivity contribution in [2.24, 2.45) is 0 Å². The number of aliphatic hydroxyl groups excluding tert-OH is 2. The summed E-state index contributed by atoms with van der Waals surface area (Å²) in [5.41, 5.74) is 3.46. The highest BCUT2D eigenvalue weighted by Crippen LogP contribution is 2.36. The van der Waals surface area contributed by atoms with Crippen molar-refractivity contribution < 1.29 is 20.1 Å². The smallest absolute Gasteiger partial charge is 0.321 e. The Labute approximate surface area is 223 Å². The first-order valence-electron chi connectivity index (χ1n) is 12.9. The number of phenolic OH excluding ortho intramolecular Hbond substituents is 1. The van der Waals surface area contributed by atoms with Crippen molar-refractivity contribution in [1.82, 2.24) is 9.80 Å². The van der Waals surface area contributed by atoms with Crippen LogP contribution in [0.1, 0.15) is 28.3 Å². The Morgan fingerprint density at radius 3 is 1.63 bits per heavy atom. The number of aromatic hydroxyl groups is 1. The fraction of sp³-hybridized carbons (Fsp3) is 0.219. The molecule has 0 radical (unpaired) electrons. The van der Waals surface area contributed by atoms with Gasteiger partial charge in [0, 0.05) is 13.1 Å². The van der Waals surface area contributed by atoms with Crippen molar-refractivity contribution in [3.63, 3.8) is 0 Å². The SMILES string of the molecule is O=C1N(Cc2ccccc2)C(c2ccccc2)[C@H](O)[C@@H](O)[C@@H](Cc2ccc(O)cc2)N1Cc1ccccc1. The molecule has 1 saturated heterocycles. The molecular formula is C32H32N2O4. The van der Waals surface area contributed by atoms with E-state index in [1.807, 2.05) is 91.0 Å². The second-order valence-corrected chi connectivity index (χ2v) is 9.78. The van der Waals surface area contributed by atoms with Gasteiger partial charge in [-0.1, -0.05) is 103 Å². The van der Waals surface area contributed by atoms with E-state index in [0.29, 0.717) is 6.42 Å². The molecule has 1 unspecified atom stereocenters. The second-order valence-electron chi connectivity index (χ2n) is 9.78. The van der Waals surface area contributed by atoms with Crippen LogP contribution in [0, 0.1) is 0 Å². The summed E-state index contributed by atoms with van der Waals surface area (Å²) in [7, 11) is 0. The molecular weight excluding hydrogens is 476 g/mol. The summed E-state index contributed by atoms with van der Waals surface area (Å²) in [6.07, 6.45) is -2.13. The van der Waals surface area contributed by atoms with Crippen LogP contribution in [0.4, 0.5) is 4.79 Å². The third kappa shape index (κ3) is 5.57. The zero-order valence-electron chi connectivity index (χ0n) is 21.0. The van der Waals surface area contributed by atoms with Crippen molar-refractivity contribution >= 4 is 6.03 Å². The van der Waals surface area contributed by atoms with E-state index in [0.717, 1.165) is 22.3 Å². The normalized spacial score (nSPS) is 21.8. The van der Waals surface area contributed by atoms with Crippen LogP contribution in [0.25, 0.3) is 0 Å². The summed E-state index contributed by atoms with van der Waals surface area (Å²) >= 11 is 0. The lowest BCUT2D eigenvalue weighted by Gasteiger charge is -2.36. The van der Waals surface area contributed by atoms with Crippen LogP contribution in [-0.4, -0.2) is 49.4 Å². The topological polar surface area (TPSA) is 84.2 Å². The van der Waals surface area contributed by atoms with Gasteiger partial charge in [0.1, 0.15) is 18.0 Å². The van der Waals surface area contributed by atoms with Gasteiger partial charge in [-0.15, -0.1) is 0 Å². The number of amides is 2. The van der Waals surface area contributed by atoms with Crippen molar-refractivity contribution in [3.8, 4) is 5.75 Å². The molecule has 0 bridgehead atoms. The molecule has 3 N–H and O–H groups in total. The van der Waals surface area contributed by atoms with Crippen LogP contribution in [0.2, 0.25) is 0 Å². The van der Waals surface area contributed by atoms with E-state index < -0.39 is 24.3 Å². The van der Waals surface area contributed by atoms with Gasteiger partial charge in [0.05, 0.1) is 12.1 Å². The van der Waals surface area contributed by atoms with E-state index >= 15 is 0 Å². The van der Waals surface area contributed by atoms with E-state index in [-0.39, 0.29) is 24.9 Å². The fourth-order valence-corrected chi connectivity index (χ4v) is 5.25. The second kappa shape index (κ2) is 11.5. The maximum Gasteiger partial charge on any atom is 0.321 e. The van der Waals surface area contributed by atoms with Gasteiger partial charge in [0.15, 0.2) is 0 Å². The third-order valence-electron chi connectivity index (χ3n) is 7.21. The highest BCUT2D eigenvalue weighted by Gasteiger charge is 2.46. The lowest BCUT2D eigenvalue weighted by molar-refractivity contribution is -0.0418. The molecule has 4 atom stereocenters. The largest absolute Gasteiger partial charge is 0.508 e. The molecule has 0 aromatic heterocycles. The zero-order chi connectivity index (χ0) is 26.5. The summed E-state index contributed by atoms with van der Waals surface area (Å²) in [5, 5.41) is 33.2. The molecule has 0 spiro atoms. The molecule has 5 rings (SSSR count). The maximum absolute atomic E-state index is 14.5. The average molecular weight is 509 g/mol. The average Bonchev–Trinajstić information content (AvgIpc) is 3.02. The first kappa shape index (κ1) is 25.5. The van der Waals surface area contributed by atoms with E-state index in [9.17, 15) is 20.1 Å². The number of hydrogen-bond acceptors (Lipinski definition) is 4. The first-order valence-corrected chi connectivity index (χ1v) is 12.9. The Hall–Kier alpha value is -4.13. The molecule has 2 amide bonds. The Morgan fingerprint density at radius 2 is 1.08 bits per heavy atom. The van der Waals surface area contributed by atoms with Gasteiger partial charge in [-0.25, -0.2) is 4.79 Å². The molecule has 0 saturated carbocycles. The van der Waals surface area contributed by atoms with Crippen molar-refractivity contribution in [3.05, 3.63) is 138 Å². The lowest BCUT2D eigenvalue weighted by atomic mass is 9.90. The number of carbonyl (C=O) groups excluding carboxylic acids is 1. The number of phenols is 1. The zero-order valence-corrected chi connectivity index (χ0v) is 21.0. The molecule has 38 heavy (non-hydrogen) atoms. The van der Waals surface area contributed by atoms with Crippen molar-refractivity contribution in [2.45, 2.75) is 43.8 Å². The summed E-state index contributed by atoms with van der Waals surface area (Å²) < 4.78 is 0. The standard InChI is InChI=1S/C32H32N2O4/c35-27-18-16-23(17-19-27)20-28-30(36)31(37)29(26-14-8-3-9-15-26)34(22-25-12-6-2-7-13-25)32(38)33(28)21-24-10-4-1-5-11-24/h1-19,28-31,35-37H,20-22H2/t28-,29?,30+,31+/m1/s1. The van der Waals surface area contributed by atoms with E-state index in [1.165, 1.54) is 0 Å². The Balaban J connectivity index is 1.60. The minimum Gasteiger partial charge on any atom is -0.508 e. The lowest BCUT2D eigenvalue weighted by Crippen LogP contribution is -2.50. The predicted octanol–water partition coefficient (Wildman–Crippen LogP) is 4.90. The molecule has 4 aromatic rings. The van der Waals surface area contributed by atoms with Crippen LogP contribution >= 0.6 is 0 Å². The number of carbonyl (C=O) groups is 1. The number of urea groups is 1. The van der Waals surface area contributed by atoms with E-state index in [4.69, 9.17) is 0 Å². The molecule has 1 aliphatic rings. The molecule has 1 fully saturated rings. The molecule has 194 valence electrons. The Morgan fingerprint density at radius 1 is 0.579 bits per heavy atom. The minimum atomic E-state index is -1.23. The number of benzene rings is 4. The van der Waals surface area contributed by atoms with Gasteiger partial charge in [-0.3, -0.25) is 0 Å². The van der Waals surface area contributed by atoms with Gasteiger partial charge in [0.2, 0.25) is 0 Å². The highest BCUT2D eigenvalue weighted by atomic mass is 16.3. The third-order valence-corrected chi connectivity index (χ3v) is 7.21. The molecule has 6 nitrogen and oxygen atoms in total. The van der Waals surface area contributed by atoms with Crippen molar-refractivity contribution in [2.75, 3.05) is 0 Å². The molecule has 1 aliphatic heterocycles. The van der Waals surface area contributed by atoms with Gasteiger partial charge in [0.25, 0.3) is 0 Å². The fourth-order valence-electron chi connectivity index (χ4n) is 5.25. The van der Waals surface area contributed by atoms with E-state index in [2.05, 4.69) is 0 Å². The predicted molar refractivity (Wildman–Crippen MR) is 146 cm³/mol. The van der Waals surface area contributed by atoms with Crippen LogP contribution in [0.5, 0.6) is 5.75 Å². The van der Waals surface area contributed by atoms with Gasteiger partial charge < -0.3 is 25.1 Å². The molecule has 1 heterocycles. The van der Waals surface area contributed by atoms with Crippen LogP contribution < -0.4 is 0 Å². The number of aliphatic hydroxyl groups is 2. The van der Waals surface area contributed by atoms with Gasteiger partial charge in [-0.05, 0) is 40.8 Å². The number of nitrogens with zero attached hydrogens (tertiary/aromatic N) is 2. The summed E-state index contributed by atoms with van der Waals surface area (Å²) in [5.74, 6) is 0.144. The monoisotopic (exact) mass is 508 g/mol. The Bertz CT molecular complexity index is 1320. The van der Waals surface area contributed by atoms with Gasteiger partial charge in [-0.2, -0.15) is 0 Å². The van der Waals surface area contributed by atoms with Crippen LogP contribution in [-0.2, 0) is 19.5 Å².